The fourth-order valence-electron chi connectivity index (χ4n) is 3.07. The topological polar surface area (TPSA) is 76.0 Å². The van der Waals surface area contributed by atoms with Crippen molar-refractivity contribution in [2.24, 2.45) is 0 Å². The molecule has 25 heavy (non-hydrogen) atoms. The molecular weight excluding hydrogens is 316 g/mol. The zero-order chi connectivity index (χ0) is 17.6. The fraction of sp³-hybridized carbons (Fsp3) is 0.421. The first-order valence-electron chi connectivity index (χ1n) is 8.76. The van der Waals surface area contributed by atoms with Crippen LogP contribution >= 0.6 is 0 Å². The highest BCUT2D eigenvalue weighted by Crippen LogP contribution is 2.08. The third kappa shape index (κ3) is 4.33. The second-order valence-electron chi connectivity index (χ2n) is 6.33. The van der Waals surface area contributed by atoms with Crippen molar-refractivity contribution < 1.29 is 4.79 Å². The van der Waals surface area contributed by atoms with E-state index in [0.29, 0.717) is 42.7 Å². The van der Waals surface area contributed by atoms with Crippen molar-refractivity contribution >= 4 is 16.8 Å². The highest BCUT2D eigenvalue weighted by atomic mass is 16.1. The van der Waals surface area contributed by atoms with Gasteiger partial charge in [-0.05, 0) is 38.4 Å². The number of carbonyl (C=O) groups is 1. The molecule has 2 heterocycles. The standard InChI is InChI=1S/C19H24N4O2/c1-14-22-17-6-3-2-5-16(17)19(25)23(14)12-4-7-18(24)21-13-15-8-10-20-11-9-15/h2-3,5-6,8,20H,4,7,9-13H2,1H3,(H,21,24). The first-order chi connectivity index (χ1) is 12.1. The maximum Gasteiger partial charge on any atom is 0.261 e. The van der Waals surface area contributed by atoms with Gasteiger partial charge >= 0.3 is 0 Å². The summed E-state index contributed by atoms with van der Waals surface area (Å²) in [5.41, 5.74) is 1.95. The van der Waals surface area contributed by atoms with E-state index in [4.69, 9.17) is 0 Å². The summed E-state index contributed by atoms with van der Waals surface area (Å²) >= 11 is 0. The van der Waals surface area contributed by atoms with Crippen molar-refractivity contribution in [2.45, 2.75) is 32.7 Å². The first kappa shape index (κ1) is 17.4. The van der Waals surface area contributed by atoms with Crippen LogP contribution in [0.1, 0.15) is 25.1 Å². The Morgan fingerprint density at radius 3 is 3.00 bits per heavy atom. The number of nitrogens with zero attached hydrogens (tertiary/aromatic N) is 2. The molecule has 0 atom stereocenters. The summed E-state index contributed by atoms with van der Waals surface area (Å²) in [4.78, 5) is 29.0. The molecule has 0 unspecified atom stereocenters. The zero-order valence-corrected chi connectivity index (χ0v) is 14.5. The van der Waals surface area contributed by atoms with E-state index >= 15 is 0 Å². The van der Waals surface area contributed by atoms with Crippen LogP contribution in [0.25, 0.3) is 10.9 Å². The van der Waals surface area contributed by atoms with Crippen LogP contribution < -0.4 is 16.2 Å². The molecule has 0 bridgehead atoms. The number of aryl methyl sites for hydroxylation is 1. The third-order valence-electron chi connectivity index (χ3n) is 4.51. The van der Waals surface area contributed by atoms with Gasteiger partial charge in [0, 0.05) is 26.1 Å². The molecular formula is C19H24N4O2. The number of aromatic nitrogens is 2. The minimum Gasteiger partial charge on any atom is -0.352 e. The Morgan fingerprint density at radius 2 is 2.20 bits per heavy atom. The van der Waals surface area contributed by atoms with Crippen LogP contribution in [-0.4, -0.2) is 35.1 Å². The number of benzene rings is 1. The van der Waals surface area contributed by atoms with Crippen LogP contribution in [0, 0.1) is 6.92 Å². The number of hydrogen-bond acceptors (Lipinski definition) is 4. The van der Waals surface area contributed by atoms with E-state index in [1.807, 2.05) is 25.1 Å². The summed E-state index contributed by atoms with van der Waals surface area (Å²) in [6, 6.07) is 7.35. The Bertz CT molecular complexity index is 854. The van der Waals surface area contributed by atoms with E-state index in [0.717, 1.165) is 19.5 Å². The maximum atomic E-state index is 12.6. The third-order valence-corrected chi connectivity index (χ3v) is 4.51. The second-order valence-corrected chi connectivity index (χ2v) is 6.33. The SMILES string of the molecule is Cc1nc2ccccc2c(=O)n1CCCC(=O)NCC1=CCNCC1. The van der Waals surface area contributed by atoms with E-state index in [9.17, 15) is 9.59 Å². The smallest absolute Gasteiger partial charge is 0.261 e. The van der Waals surface area contributed by atoms with Crippen molar-refractivity contribution in [2.75, 3.05) is 19.6 Å². The number of amides is 1. The molecule has 1 aliphatic rings. The molecule has 2 N–H and O–H groups in total. The Labute approximate surface area is 147 Å². The summed E-state index contributed by atoms with van der Waals surface area (Å²) in [6.07, 6.45) is 4.14. The number of carbonyl (C=O) groups excluding carboxylic acids is 1. The van der Waals surface area contributed by atoms with Crippen LogP contribution in [0.5, 0.6) is 0 Å². The van der Waals surface area contributed by atoms with Crippen molar-refractivity contribution in [1.82, 2.24) is 20.2 Å². The molecule has 0 radical (unpaired) electrons. The lowest BCUT2D eigenvalue weighted by Crippen LogP contribution is -2.30. The lowest BCUT2D eigenvalue weighted by molar-refractivity contribution is -0.121. The van der Waals surface area contributed by atoms with E-state index in [1.165, 1.54) is 5.57 Å². The van der Waals surface area contributed by atoms with Gasteiger partial charge in [-0.3, -0.25) is 14.2 Å². The average molecular weight is 340 g/mol. The lowest BCUT2D eigenvalue weighted by Gasteiger charge is -2.15. The maximum absolute atomic E-state index is 12.6. The molecule has 6 heteroatoms. The highest BCUT2D eigenvalue weighted by Gasteiger charge is 2.09. The van der Waals surface area contributed by atoms with Crippen LogP contribution in [0.2, 0.25) is 0 Å². The lowest BCUT2D eigenvalue weighted by atomic mass is 10.1. The summed E-state index contributed by atoms with van der Waals surface area (Å²) in [5, 5.41) is 6.83. The Balaban J connectivity index is 1.55. The molecule has 0 saturated heterocycles. The number of nitrogens with one attached hydrogen (secondary N) is 2. The molecule has 2 aromatic rings. The summed E-state index contributed by atoms with van der Waals surface area (Å²) < 4.78 is 1.66. The normalized spacial score (nSPS) is 14.4. The van der Waals surface area contributed by atoms with E-state index in [1.54, 1.807) is 10.6 Å². The van der Waals surface area contributed by atoms with Gasteiger partial charge in [-0.15, -0.1) is 0 Å². The van der Waals surface area contributed by atoms with Crippen LogP contribution in [0.3, 0.4) is 0 Å². The first-order valence-corrected chi connectivity index (χ1v) is 8.76. The second kappa shape index (κ2) is 8.07. The molecule has 0 fully saturated rings. The van der Waals surface area contributed by atoms with Gasteiger partial charge in [-0.2, -0.15) is 0 Å². The van der Waals surface area contributed by atoms with Gasteiger partial charge in [-0.25, -0.2) is 4.98 Å². The quantitative estimate of drug-likeness (QED) is 0.782. The number of para-hydroxylation sites is 1. The van der Waals surface area contributed by atoms with Gasteiger partial charge < -0.3 is 10.6 Å². The van der Waals surface area contributed by atoms with Crippen LogP contribution in [0.4, 0.5) is 0 Å². The van der Waals surface area contributed by atoms with Gasteiger partial charge in [0.2, 0.25) is 5.91 Å². The van der Waals surface area contributed by atoms with Gasteiger partial charge in [0.1, 0.15) is 5.82 Å². The summed E-state index contributed by atoms with van der Waals surface area (Å²) in [5.74, 6) is 0.711. The van der Waals surface area contributed by atoms with Crippen molar-refractivity contribution in [1.29, 1.82) is 0 Å². The minimum absolute atomic E-state index is 0.0267. The molecule has 0 saturated carbocycles. The van der Waals surface area contributed by atoms with E-state index in [2.05, 4.69) is 21.7 Å². The number of rotatable bonds is 6. The molecule has 6 nitrogen and oxygen atoms in total. The Kier molecular flexibility index (Phi) is 5.60. The number of fused-ring (bicyclic) bond motifs is 1. The molecule has 1 aromatic carbocycles. The van der Waals surface area contributed by atoms with Gasteiger partial charge in [0.15, 0.2) is 0 Å². The average Bonchev–Trinajstić information content (AvgIpc) is 2.63. The summed E-state index contributed by atoms with van der Waals surface area (Å²) in [7, 11) is 0. The monoisotopic (exact) mass is 340 g/mol. The van der Waals surface area contributed by atoms with Crippen molar-refractivity contribution in [3.63, 3.8) is 0 Å². The van der Waals surface area contributed by atoms with Crippen LogP contribution in [-0.2, 0) is 11.3 Å². The zero-order valence-electron chi connectivity index (χ0n) is 14.5. The van der Waals surface area contributed by atoms with Gasteiger partial charge in [0.25, 0.3) is 5.56 Å². The Hall–Kier alpha value is -2.47. The predicted octanol–water partition coefficient (Wildman–Crippen LogP) is 1.52. The molecule has 0 aliphatic carbocycles. The Morgan fingerprint density at radius 1 is 1.36 bits per heavy atom. The predicted molar refractivity (Wildman–Crippen MR) is 98.6 cm³/mol. The molecule has 132 valence electrons. The number of hydrogen-bond donors (Lipinski definition) is 2. The van der Waals surface area contributed by atoms with Gasteiger partial charge in [-0.1, -0.05) is 23.8 Å². The highest BCUT2D eigenvalue weighted by molar-refractivity contribution is 5.77. The minimum atomic E-state index is -0.0385. The molecule has 0 spiro atoms. The van der Waals surface area contributed by atoms with Crippen molar-refractivity contribution in [3.05, 3.63) is 52.1 Å². The van der Waals surface area contributed by atoms with Gasteiger partial charge in [0.05, 0.1) is 10.9 Å². The fourth-order valence-corrected chi connectivity index (χ4v) is 3.07. The van der Waals surface area contributed by atoms with E-state index in [-0.39, 0.29) is 11.5 Å². The molecule has 3 rings (SSSR count). The van der Waals surface area contributed by atoms with E-state index < -0.39 is 0 Å². The van der Waals surface area contributed by atoms with Crippen molar-refractivity contribution in [3.8, 4) is 0 Å². The summed E-state index contributed by atoms with van der Waals surface area (Å²) in [6.45, 7) is 4.80. The van der Waals surface area contributed by atoms with Crippen LogP contribution in [0.15, 0.2) is 40.7 Å². The molecule has 1 aliphatic heterocycles. The largest absolute Gasteiger partial charge is 0.352 e. The molecule has 1 amide bonds. The molecule has 1 aromatic heterocycles.